The zero-order valence-corrected chi connectivity index (χ0v) is 13.7. The van der Waals surface area contributed by atoms with Gasteiger partial charge in [0.15, 0.2) is 5.82 Å². The van der Waals surface area contributed by atoms with Crippen molar-refractivity contribution in [2.75, 3.05) is 12.2 Å². The van der Waals surface area contributed by atoms with Crippen LogP contribution < -0.4 is 9.80 Å². The first-order valence-electron chi connectivity index (χ1n) is 7.65. The predicted octanol–water partition coefficient (Wildman–Crippen LogP) is 3.86. The lowest BCUT2D eigenvalue weighted by atomic mass is 10.1. The molecule has 122 valence electrons. The Hall–Kier alpha value is -2.92. The molecule has 3 aromatic rings. The van der Waals surface area contributed by atoms with Crippen LogP contribution in [-0.2, 0) is 6.54 Å². The topological polar surface area (TPSA) is 58.5 Å². The van der Waals surface area contributed by atoms with Crippen LogP contribution in [0.2, 0.25) is 0 Å². The summed E-state index contributed by atoms with van der Waals surface area (Å²) < 4.78 is 5.40. The Morgan fingerprint density at radius 1 is 1.08 bits per heavy atom. The number of benzene rings is 1. The summed E-state index contributed by atoms with van der Waals surface area (Å²) in [6.07, 6.45) is 3.42. The molecule has 0 atom stereocenters. The number of nitrogens with zero attached hydrogens (tertiary/aromatic N) is 3. The van der Waals surface area contributed by atoms with E-state index in [0.717, 1.165) is 21.8 Å². The third kappa shape index (κ3) is 3.36. The van der Waals surface area contributed by atoms with Gasteiger partial charge in [0, 0.05) is 18.0 Å². The summed E-state index contributed by atoms with van der Waals surface area (Å²) in [5, 5.41) is 11.7. The van der Waals surface area contributed by atoms with Gasteiger partial charge in [-0.3, -0.25) is 10.2 Å². The van der Waals surface area contributed by atoms with Crippen molar-refractivity contribution >= 4 is 5.82 Å². The van der Waals surface area contributed by atoms with Crippen LogP contribution in [0.25, 0.3) is 11.3 Å². The van der Waals surface area contributed by atoms with Crippen molar-refractivity contribution in [3.8, 4) is 17.0 Å². The molecule has 24 heavy (non-hydrogen) atoms. The fraction of sp³-hybridized carbons (Fsp3) is 0.158. The molecule has 5 nitrogen and oxygen atoms in total. The number of hydrogen-bond acceptors (Lipinski definition) is 5. The molecular formula is C19H19N3O2. The van der Waals surface area contributed by atoms with Gasteiger partial charge in [0.25, 0.3) is 0 Å². The molecule has 0 saturated carbocycles. The number of rotatable bonds is 5. The molecule has 0 bridgehead atoms. The largest absolute Gasteiger partial charge is 0.494 e. The lowest BCUT2D eigenvalue weighted by molar-refractivity contribution is 0.247. The standard InChI is InChI=1S/C19H19N3O2/c1-14-11-16(18-17(24-2)9-6-10-20-18)19(21-12-14)22(23)13-15-7-4-3-5-8-15/h3-12,23H,13H2,1-2H3. The molecule has 0 saturated heterocycles. The second-order valence-electron chi connectivity index (χ2n) is 5.48. The molecule has 0 radical (unpaired) electrons. The average molecular weight is 321 g/mol. The Morgan fingerprint density at radius 3 is 2.62 bits per heavy atom. The van der Waals surface area contributed by atoms with Crippen LogP contribution in [0.1, 0.15) is 11.1 Å². The average Bonchev–Trinajstić information content (AvgIpc) is 2.62. The Labute approximate surface area is 141 Å². The maximum absolute atomic E-state index is 10.6. The Balaban J connectivity index is 2.02. The number of pyridine rings is 2. The minimum absolute atomic E-state index is 0.332. The summed E-state index contributed by atoms with van der Waals surface area (Å²) in [6, 6.07) is 15.3. The zero-order valence-electron chi connectivity index (χ0n) is 13.7. The van der Waals surface area contributed by atoms with Crippen LogP contribution >= 0.6 is 0 Å². The van der Waals surface area contributed by atoms with E-state index < -0.39 is 0 Å². The van der Waals surface area contributed by atoms with Crippen molar-refractivity contribution in [1.29, 1.82) is 0 Å². The lowest BCUT2D eigenvalue weighted by Crippen LogP contribution is -2.19. The maximum atomic E-state index is 10.6. The van der Waals surface area contributed by atoms with E-state index in [1.807, 2.05) is 55.5 Å². The zero-order chi connectivity index (χ0) is 16.9. The second-order valence-corrected chi connectivity index (χ2v) is 5.48. The van der Waals surface area contributed by atoms with Crippen LogP contribution in [0.15, 0.2) is 60.9 Å². The highest BCUT2D eigenvalue weighted by atomic mass is 16.5. The van der Waals surface area contributed by atoms with Gasteiger partial charge in [0.2, 0.25) is 0 Å². The van der Waals surface area contributed by atoms with E-state index in [0.29, 0.717) is 23.8 Å². The van der Waals surface area contributed by atoms with E-state index in [4.69, 9.17) is 4.74 Å². The van der Waals surface area contributed by atoms with Gasteiger partial charge in [0.1, 0.15) is 11.4 Å². The highest BCUT2D eigenvalue weighted by Crippen LogP contribution is 2.34. The first-order valence-corrected chi connectivity index (χ1v) is 7.65. The third-order valence-corrected chi connectivity index (χ3v) is 3.67. The summed E-state index contributed by atoms with van der Waals surface area (Å²) in [4.78, 5) is 8.81. The van der Waals surface area contributed by atoms with Gasteiger partial charge in [-0.1, -0.05) is 30.3 Å². The summed E-state index contributed by atoms with van der Waals surface area (Å²) in [5.41, 5.74) is 3.35. The summed E-state index contributed by atoms with van der Waals surface area (Å²) in [7, 11) is 1.60. The third-order valence-electron chi connectivity index (χ3n) is 3.67. The lowest BCUT2D eigenvalue weighted by Gasteiger charge is -2.20. The molecule has 3 rings (SSSR count). The highest BCUT2D eigenvalue weighted by molar-refractivity contribution is 5.77. The SMILES string of the molecule is COc1cccnc1-c1cc(C)cnc1N(O)Cc1ccccc1. The molecule has 0 amide bonds. The summed E-state index contributed by atoms with van der Waals surface area (Å²) >= 11 is 0. The van der Waals surface area contributed by atoms with E-state index in [-0.39, 0.29) is 0 Å². The Kier molecular flexibility index (Phi) is 4.72. The monoisotopic (exact) mass is 321 g/mol. The molecule has 0 aliphatic carbocycles. The van der Waals surface area contributed by atoms with Gasteiger partial charge in [-0.25, -0.2) is 10.0 Å². The summed E-state index contributed by atoms with van der Waals surface area (Å²) in [5.74, 6) is 1.08. The van der Waals surface area contributed by atoms with E-state index in [9.17, 15) is 5.21 Å². The molecule has 1 N–H and O–H groups in total. The number of aromatic nitrogens is 2. The summed E-state index contributed by atoms with van der Waals surface area (Å²) in [6.45, 7) is 2.29. The van der Waals surface area contributed by atoms with Crippen molar-refractivity contribution in [2.24, 2.45) is 0 Å². The Morgan fingerprint density at radius 2 is 1.88 bits per heavy atom. The van der Waals surface area contributed by atoms with Gasteiger partial charge in [-0.2, -0.15) is 0 Å². The molecule has 5 heteroatoms. The van der Waals surface area contributed by atoms with Crippen LogP contribution in [0.3, 0.4) is 0 Å². The number of hydrogen-bond donors (Lipinski definition) is 1. The molecular weight excluding hydrogens is 302 g/mol. The van der Waals surface area contributed by atoms with Gasteiger partial charge in [0.05, 0.1) is 13.7 Å². The quantitative estimate of drug-likeness (QED) is 0.723. The predicted molar refractivity (Wildman–Crippen MR) is 93.2 cm³/mol. The smallest absolute Gasteiger partial charge is 0.162 e. The molecule has 0 aliphatic heterocycles. The second kappa shape index (κ2) is 7.10. The van der Waals surface area contributed by atoms with Crippen LogP contribution in [0.5, 0.6) is 5.75 Å². The maximum Gasteiger partial charge on any atom is 0.162 e. The minimum Gasteiger partial charge on any atom is -0.494 e. The normalized spacial score (nSPS) is 10.5. The van der Waals surface area contributed by atoms with E-state index >= 15 is 0 Å². The molecule has 0 spiro atoms. The van der Waals surface area contributed by atoms with Crippen LogP contribution in [0.4, 0.5) is 5.82 Å². The van der Waals surface area contributed by atoms with Crippen molar-refractivity contribution in [3.63, 3.8) is 0 Å². The van der Waals surface area contributed by atoms with Crippen molar-refractivity contribution < 1.29 is 9.94 Å². The van der Waals surface area contributed by atoms with E-state index in [2.05, 4.69) is 9.97 Å². The first kappa shape index (κ1) is 16.0. The molecule has 1 aromatic carbocycles. The number of methoxy groups -OCH3 is 1. The van der Waals surface area contributed by atoms with Gasteiger partial charge in [-0.05, 0) is 36.2 Å². The first-order chi connectivity index (χ1) is 11.7. The molecule has 0 fully saturated rings. The van der Waals surface area contributed by atoms with Crippen LogP contribution in [0, 0.1) is 6.92 Å². The molecule has 0 aliphatic rings. The number of hydroxylamine groups is 1. The Bertz CT molecular complexity index is 822. The highest BCUT2D eigenvalue weighted by Gasteiger charge is 2.17. The number of aryl methyl sites for hydroxylation is 1. The van der Waals surface area contributed by atoms with E-state index in [1.165, 1.54) is 0 Å². The molecule has 2 aromatic heterocycles. The molecule has 2 heterocycles. The van der Waals surface area contributed by atoms with Crippen LogP contribution in [-0.4, -0.2) is 22.3 Å². The van der Waals surface area contributed by atoms with E-state index in [1.54, 1.807) is 19.5 Å². The molecule has 0 unspecified atom stereocenters. The fourth-order valence-electron chi connectivity index (χ4n) is 2.53. The van der Waals surface area contributed by atoms with Gasteiger partial charge >= 0.3 is 0 Å². The van der Waals surface area contributed by atoms with Crippen molar-refractivity contribution in [3.05, 3.63) is 72.1 Å². The number of ether oxygens (including phenoxy) is 1. The van der Waals surface area contributed by atoms with Crippen molar-refractivity contribution in [1.82, 2.24) is 9.97 Å². The van der Waals surface area contributed by atoms with Crippen molar-refractivity contribution in [2.45, 2.75) is 13.5 Å². The minimum atomic E-state index is 0.332. The van der Waals surface area contributed by atoms with Gasteiger partial charge < -0.3 is 4.74 Å². The number of anilines is 1. The van der Waals surface area contributed by atoms with Gasteiger partial charge in [-0.15, -0.1) is 0 Å². The fourth-order valence-corrected chi connectivity index (χ4v) is 2.53.